The molecule has 0 atom stereocenters. The maximum absolute atomic E-state index is 12.1. The summed E-state index contributed by atoms with van der Waals surface area (Å²) in [4.78, 5) is 38.7. The first-order valence-electron chi connectivity index (χ1n) is 10.3. The van der Waals surface area contributed by atoms with Crippen LogP contribution in [0.2, 0.25) is 0 Å². The third kappa shape index (κ3) is 10.6. The Balaban J connectivity index is 2.09. The Morgan fingerprint density at radius 2 is 1.33 bits per heavy atom. The molecule has 0 fully saturated rings. The van der Waals surface area contributed by atoms with E-state index in [1.165, 1.54) is 69.6 Å². The molecule has 1 heterocycles. The Morgan fingerprint density at radius 1 is 0.815 bits per heavy atom. The Morgan fingerprint density at radius 3 is 1.89 bits per heavy atom. The second-order valence-corrected chi connectivity index (χ2v) is 7.14. The summed E-state index contributed by atoms with van der Waals surface area (Å²) in [6.45, 7) is 2.23. The summed E-state index contributed by atoms with van der Waals surface area (Å²) in [6.07, 6.45) is 13.6. The van der Waals surface area contributed by atoms with E-state index in [4.69, 9.17) is 5.11 Å². The maximum atomic E-state index is 12.1. The average molecular weight is 376 g/mol. The number of hydrogen-bond acceptors (Lipinski definition) is 4. The molecule has 0 unspecified atom stereocenters. The quantitative estimate of drug-likeness (QED) is 0.230. The lowest BCUT2D eigenvalue weighted by Gasteiger charge is -2.03. The Hall–Kier alpha value is -2.04. The predicted octanol–water partition coefficient (Wildman–Crippen LogP) is 5.62. The number of aromatic nitrogens is 1. The molecular weight excluding hydrogens is 342 g/mol. The largest absolute Gasteiger partial charge is 0.477 e. The summed E-state index contributed by atoms with van der Waals surface area (Å²) < 4.78 is 0. The van der Waals surface area contributed by atoms with E-state index in [1.807, 2.05) is 0 Å². The zero-order valence-electron chi connectivity index (χ0n) is 16.5. The van der Waals surface area contributed by atoms with Gasteiger partial charge in [-0.15, -0.1) is 0 Å². The van der Waals surface area contributed by atoms with Crippen LogP contribution < -0.4 is 0 Å². The number of Topliss-reactive ketones (excluding diaryl/α,β-unsaturated/α-hetero) is 2. The van der Waals surface area contributed by atoms with Crippen LogP contribution in [-0.4, -0.2) is 27.6 Å². The van der Waals surface area contributed by atoms with E-state index in [0.29, 0.717) is 6.42 Å². The fraction of sp³-hybridized carbons (Fsp3) is 0.636. The van der Waals surface area contributed by atoms with Crippen molar-refractivity contribution in [2.75, 3.05) is 0 Å². The number of carbonyl (C=O) groups is 3. The minimum absolute atomic E-state index is 0.0437. The minimum Gasteiger partial charge on any atom is -0.477 e. The van der Waals surface area contributed by atoms with Gasteiger partial charge in [-0.1, -0.05) is 77.2 Å². The number of carbonyl (C=O) groups excluding carboxylic acids is 2. The van der Waals surface area contributed by atoms with Gasteiger partial charge < -0.3 is 5.11 Å². The molecule has 0 aliphatic carbocycles. The number of hydrogen-bond donors (Lipinski definition) is 1. The number of carboxylic acids is 1. The molecule has 0 aromatic carbocycles. The van der Waals surface area contributed by atoms with E-state index >= 15 is 0 Å². The van der Waals surface area contributed by atoms with Crippen LogP contribution >= 0.6 is 0 Å². The number of unbranched alkanes of at least 4 members (excludes halogenated alkanes) is 10. The molecule has 150 valence electrons. The summed E-state index contributed by atoms with van der Waals surface area (Å²) >= 11 is 0. The van der Waals surface area contributed by atoms with Crippen molar-refractivity contribution in [3.63, 3.8) is 0 Å². The topological polar surface area (TPSA) is 84.3 Å². The molecule has 5 heteroatoms. The van der Waals surface area contributed by atoms with Gasteiger partial charge in [0.15, 0.2) is 5.78 Å². The number of aromatic carboxylic acids is 1. The van der Waals surface area contributed by atoms with Crippen LogP contribution in [-0.2, 0) is 4.79 Å². The van der Waals surface area contributed by atoms with Gasteiger partial charge in [0.05, 0.1) is 6.42 Å². The highest BCUT2D eigenvalue weighted by molar-refractivity contribution is 6.07. The minimum atomic E-state index is -1.18. The van der Waals surface area contributed by atoms with E-state index < -0.39 is 11.8 Å². The molecule has 0 aliphatic rings. The molecule has 0 saturated heterocycles. The summed E-state index contributed by atoms with van der Waals surface area (Å²) in [5.41, 5.74) is -0.138. The van der Waals surface area contributed by atoms with Crippen molar-refractivity contribution in [1.29, 1.82) is 0 Å². The molecule has 0 aliphatic heterocycles. The lowest BCUT2D eigenvalue weighted by Crippen LogP contribution is -2.12. The molecule has 0 spiro atoms. The summed E-state index contributed by atoms with van der Waals surface area (Å²) in [5.74, 6) is -1.69. The van der Waals surface area contributed by atoms with Crippen LogP contribution in [0.4, 0.5) is 0 Å². The molecule has 1 aromatic heterocycles. The van der Waals surface area contributed by atoms with Crippen LogP contribution in [0.3, 0.4) is 0 Å². The van der Waals surface area contributed by atoms with Crippen LogP contribution in [0, 0.1) is 0 Å². The summed E-state index contributed by atoms with van der Waals surface area (Å²) in [5, 5.41) is 8.90. The molecule has 1 rings (SSSR count). The molecule has 0 amide bonds. The monoisotopic (exact) mass is 375 g/mol. The fourth-order valence-electron chi connectivity index (χ4n) is 3.05. The lowest BCUT2D eigenvalue weighted by atomic mass is 10.0. The summed E-state index contributed by atoms with van der Waals surface area (Å²) in [7, 11) is 0. The smallest absolute Gasteiger partial charge is 0.354 e. The van der Waals surface area contributed by atoms with Gasteiger partial charge >= 0.3 is 5.97 Å². The van der Waals surface area contributed by atoms with Crippen molar-refractivity contribution in [1.82, 2.24) is 4.98 Å². The molecule has 27 heavy (non-hydrogen) atoms. The molecule has 5 nitrogen and oxygen atoms in total. The molecule has 0 radical (unpaired) electrons. The zero-order valence-corrected chi connectivity index (χ0v) is 16.5. The van der Waals surface area contributed by atoms with Crippen molar-refractivity contribution >= 4 is 17.5 Å². The number of ketones is 2. The highest BCUT2D eigenvalue weighted by atomic mass is 16.4. The molecular formula is C22H33NO4. The average Bonchev–Trinajstić information content (AvgIpc) is 2.66. The first kappa shape index (κ1) is 23.0. The Kier molecular flexibility index (Phi) is 12.0. The van der Waals surface area contributed by atoms with Gasteiger partial charge in [-0.2, -0.15) is 0 Å². The lowest BCUT2D eigenvalue weighted by molar-refractivity contribution is -0.118. The van der Waals surface area contributed by atoms with E-state index in [-0.39, 0.29) is 23.6 Å². The van der Waals surface area contributed by atoms with Gasteiger partial charge in [0.25, 0.3) is 0 Å². The number of pyridine rings is 1. The van der Waals surface area contributed by atoms with Crippen LogP contribution in [0.1, 0.15) is 111 Å². The van der Waals surface area contributed by atoms with Crippen molar-refractivity contribution < 1.29 is 19.5 Å². The Labute approximate surface area is 162 Å². The highest BCUT2D eigenvalue weighted by Crippen LogP contribution is 2.13. The second kappa shape index (κ2) is 14.1. The van der Waals surface area contributed by atoms with Gasteiger partial charge in [-0.3, -0.25) is 9.59 Å². The Bertz CT molecular complexity index is 598. The zero-order chi connectivity index (χ0) is 19.9. The van der Waals surface area contributed by atoms with Gasteiger partial charge in [0, 0.05) is 6.42 Å². The highest BCUT2D eigenvalue weighted by Gasteiger charge is 2.15. The third-order valence-electron chi connectivity index (χ3n) is 4.67. The van der Waals surface area contributed by atoms with Crippen molar-refractivity contribution in [2.45, 2.75) is 90.4 Å². The van der Waals surface area contributed by atoms with Crippen LogP contribution in [0.5, 0.6) is 0 Å². The third-order valence-corrected chi connectivity index (χ3v) is 4.67. The fourth-order valence-corrected chi connectivity index (χ4v) is 3.05. The molecule has 0 saturated carbocycles. The van der Waals surface area contributed by atoms with Gasteiger partial charge in [-0.25, -0.2) is 9.78 Å². The normalized spacial score (nSPS) is 10.7. The van der Waals surface area contributed by atoms with Crippen LogP contribution in [0.15, 0.2) is 18.2 Å². The van der Waals surface area contributed by atoms with Crippen molar-refractivity contribution in [2.24, 2.45) is 0 Å². The van der Waals surface area contributed by atoms with E-state index in [0.717, 1.165) is 19.3 Å². The van der Waals surface area contributed by atoms with E-state index in [1.54, 1.807) is 0 Å². The standard InChI is InChI=1S/C22H33NO4/c1-2-3-4-5-6-7-8-9-10-11-12-14-18(24)17-21(25)19-15-13-16-20(23-19)22(26)27/h13,15-16H,2-12,14,17H2,1H3,(H,26,27). The first-order valence-corrected chi connectivity index (χ1v) is 10.3. The van der Waals surface area contributed by atoms with Crippen molar-refractivity contribution in [3.05, 3.63) is 29.6 Å². The van der Waals surface area contributed by atoms with E-state index in [2.05, 4.69) is 11.9 Å². The number of nitrogens with zero attached hydrogens (tertiary/aromatic N) is 1. The molecule has 0 bridgehead atoms. The molecule has 1 N–H and O–H groups in total. The SMILES string of the molecule is CCCCCCCCCCCCCC(=O)CC(=O)c1cccc(C(=O)O)n1. The first-order chi connectivity index (χ1) is 13.0. The van der Waals surface area contributed by atoms with Crippen LogP contribution in [0.25, 0.3) is 0 Å². The predicted molar refractivity (Wildman–Crippen MR) is 106 cm³/mol. The number of rotatable bonds is 16. The van der Waals surface area contributed by atoms with Gasteiger partial charge in [0.1, 0.15) is 17.2 Å². The van der Waals surface area contributed by atoms with Crippen molar-refractivity contribution in [3.8, 4) is 0 Å². The van der Waals surface area contributed by atoms with Gasteiger partial charge in [-0.05, 0) is 18.6 Å². The maximum Gasteiger partial charge on any atom is 0.354 e. The number of carboxylic acid groups (broad SMARTS) is 1. The second-order valence-electron chi connectivity index (χ2n) is 7.14. The van der Waals surface area contributed by atoms with E-state index in [9.17, 15) is 14.4 Å². The van der Waals surface area contributed by atoms with Gasteiger partial charge in [0.2, 0.25) is 0 Å². The molecule has 1 aromatic rings. The summed E-state index contributed by atoms with van der Waals surface area (Å²) in [6, 6.07) is 4.24.